The van der Waals surface area contributed by atoms with Gasteiger partial charge in [0.25, 0.3) is 10.1 Å². The van der Waals surface area contributed by atoms with Gasteiger partial charge in [0.05, 0.1) is 35.2 Å². The molecule has 4 N–H and O–H groups in total. The number of carbonyl (C=O) groups excluding carboxylic acids is 2. The summed E-state index contributed by atoms with van der Waals surface area (Å²) in [4.78, 5) is 25.5. The summed E-state index contributed by atoms with van der Waals surface area (Å²) in [5.74, 6) is -1.94. The molecule has 8 nitrogen and oxygen atoms in total. The molecule has 0 bridgehead atoms. The van der Waals surface area contributed by atoms with Gasteiger partial charge in [-0.1, -0.05) is 24.3 Å². The van der Waals surface area contributed by atoms with E-state index in [4.69, 9.17) is 10.5 Å². The van der Waals surface area contributed by atoms with Crippen LogP contribution >= 0.6 is 0 Å². The zero-order valence-corrected chi connectivity index (χ0v) is 18.0. The molecule has 35 heavy (non-hydrogen) atoms. The van der Waals surface area contributed by atoms with Crippen molar-refractivity contribution in [3.8, 4) is 5.75 Å². The average Bonchev–Trinajstić information content (AvgIpc) is 2.77. The van der Waals surface area contributed by atoms with Crippen molar-refractivity contribution in [2.75, 3.05) is 18.2 Å². The van der Waals surface area contributed by atoms with E-state index < -0.39 is 55.3 Å². The van der Waals surface area contributed by atoms with E-state index in [0.717, 1.165) is 19.2 Å². The summed E-state index contributed by atoms with van der Waals surface area (Å²) in [7, 11) is -3.91. The predicted octanol–water partition coefficient (Wildman–Crippen LogP) is 3.41. The van der Waals surface area contributed by atoms with Gasteiger partial charge >= 0.3 is 35.7 Å². The van der Waals surface area contributed by atoms with E-state index in [1.807, 2.05) is 0 Å². The third-order valence-electron chi connectivity index (χ3n) is 5.26. The maximum absolute atomic E-state index is 13.4. The molecule has 0 heterocycles. The maximum atomic E-state index is 13.4. The second-order valence-electron chi connectivity index (χ2n) is 7.30. The summed E-state index contributed by atoms with van der Waals surface area (Å²) in [5.41, 5.74) is 2.73. The number of carbonyl (C=O) groups is 2. The second-order valence-corrected chi connectivity index (χ2v) is 8.69. The molecule has 0 aromatic heterocycles. The Kier molecular flexibility index (Phi) is 7.08. The Labute approximate surface area is 219 Å². The Morgan fingerprint density at radius 3 is 2.06 bits per heavy atom. The molecule has 0 atom stereocenters. The zero-order valence-electron chi connectivity index (χ0n) is 17.2. The molecule has 13 heteroatoms. The van der Waals surface area contributed by atoms with Crippen LogP contribution in [0.4, 0.5) is 30.2 Å². The third kappa shape index (κ3) is 4.67. The molecule has 0 radical (unpaired) electrons. The van der Waals surface area contributed by atoms with Gasteiger partial charge in [-0.05, 0) is 24.3 Å². The number of anilines is 3. The number of halogens is 3. The molecule has 4 rings (SSSR count). The van der Waals surface area contributed by atoms with Gasteiger partial charge in [0, 0.05) is 16.8 Å². The molecule has 0 fully saturated rings. The SMILES string of the molecule is COc1ccc(Nc2cc(S(=O)(=O)O)c(N)c3c2C(=O)c2ccccc2C3=O)cc1C(F)(F)F.[NaH]. The van der Waals surface area contributed by atoms with E-state index >= 15 is 0 Å². The summed E-state index contributed by atoms with van der Waals surface area (Å²) in [6, 6.07) is 9.45. The summed E-state index contributed by atoms with van der Waals surface area (Å²) in [5, 5.41) is 2.56. The minimum atomic E-state index is -4.97. The van der Waals surface area contributed by atoms with E-state index in [2.05, 4.69) is 5.32 Å². The summed E-state index contributed by atoms with van der Waals surface area (Å²) < 4.78 is 78.6. The van der Waals surface area contributed by atoms with Gasteiger partial charge in [-0.25, -0.2) is 0 Å². The topological polar surface area (TPSA) is 136 Å². The van der Waals surface area contributed by atoms with Crippen LogP contribution in [0.1, 0.15) is 37.4 Å². The van der Waals surface area contributed by atoms with Gasteiger partial charge in [0.15, 0.2) is 11.6 Å². The van der Waals surface area contributed by atoms with Crippen LogP contribution in [-0.4, -0.2) is 61.2 Å². The minimum absolute atomic E-state index is 0. The number of ether oxygens (including phenoxy) is 1. The molecule has 3 aromatic rings. The molecule has 1 aliphatic carbocycles. The molecule has 178 valence electrons. The van der Waals surface area contributed by atoms with Gasteiger partial charge < -0.3 is 15.8 Å². The quantitative estimate of drug-likeness (QED) is 0.213. The van der Waals surface area contributed by atoms with Gasteiger partial charge in [-0.2, -0.15) is 21.6 Å². The fraction of sp³-hybridized carbons (Fsp3) is 0.0909. The van der Waals surface area contributed by atoms with E-state index in [-0.39, 0.29) is 57.6 Å². The number of rotatable bonds is 4. The molecule has 1 aliphatic rings. The van der Waals surface area contributed by atoms with Crippen molar-refractivity contribution in [3.63, 3.8) is 0 Å². The second kappa shape index (κ2) is 9.28. The summed E-state index contributed by atoms with van der Waals surface area (Å²) >= 11 is 0. The number of fused-ring (bicyclic) bond motifs is 2. The van der Waals surface area contributed by atoms with Crippen LogP contribution < -0.4 is 15.8 Å². The summed E-state index contributed by atoms with van der Waals surface area (Å²) in [6.07, 6.45) is -4.78. The number of alkyl halides is 3. The van der Waals surface area contributed by atoms with Crippen molar-refractivity contribution < 1.29 is 40.5 Å². The van der Waals surface area contributed by atoms with Crippen LogP contribution in [0, 0.1) is 0 Å². The molecule has 3 aromatic carbocycles. The van der Waals surface area contributed by atoms with Gasteiger partial charge in [-0.15, -0.1) is 0 Å². The van der Waals surface area contributed by atoms with Crippen LogP contribution in [0.3, 0.4) is 0 Å². The Morgan fingerprint density at radius 2 is 1.54 bits per heavy atom. The van der Waals surface area contributed by atoms with Crippen molar-refractivity contribution in [2.45, 2.75) is 11.1 Å². The van der Waals surface area contributed by atoms with Crippen LogP contribution in [0.2, 0.25) is 0 Å². The number of nitrogen functional groups attached to an aromatic ring is 1. The molecule has 0 amide bonds. The molecule has 0 spiro atoms. The molecule has 0 unspecified atom stereocenters. The predicted molar refractivity (Wildman–Crippen MR) is 122 cm³/mol. The van der Waals surface area contributed by atoms with Crippen molar-refractivity contribution in [1.82, 2.24) is 0 Å². The number of ketones is 2. The van der Waals surface area contributed by atoms with Crippen molar-refractivity contribution in [1.29, 1.82) is 0 Å². The Bertz CT molecular complexity index is 1490. The monoisotopic (exact) mass is 516 g/mol. The average molecular weight is 516 g/mol. The van der Waals surface area contributed by atoms with Crippen molar-refractivity contribution in [2.24, 2.45) is 0 Å². The Morgan fingerprint density at radius 1 is 0.971 bits per heavy atom. The van der Waals surface area contributed by atoms with Gasteiger partial charge in [0.2, 0.25) is 0 Å². The number of hydrogen-bond donors (Lipinski definition) is 3. The Hall–Kier alpha value is -2.90. The first kappa shape index (κ1) is 26.7. The fourth-order valence-corrected chi connectivity index (χ4v) is 4.42. The van der Waals surface area contributed by atoms with Crippen molar-refractivity contribution in [3.05, 3.63) is 76.3 Å². The zero-order chi connectivity index (χ0) is 25.0. The van der Waals surface area contributed by atoms with Crippen LogP contribution in [-0.2, 0) is 16.3 Å². The van der Waals surface area contributed by atoms with E-state index in [1.54, 1.807) is 0 Å². The third-order valence-corrected chi connectivity index (χ3v) is 6.16. The number of benzene rings is 3. The molecular formula is C22H16F3N2NaO6S. The number of nitrogens with one attached hydrogen (secondary N) is 1. The van der Waals surface area contributed by atoms with Crippen LogP contribution in [0.15, 0.2) is 53.4 Å². The van der Waals surface area contributed by atoms with Gasteiger partial charge in [0.1, 0.15) is 10.6 Å². The number of hydrogen-bond acceptors (Lipinski definition) is 7. The number of methoxy groups -OCH3 is 1. The van der Waals surface area contributed by atoms with E-state index in [9.17, 15) is 35.7 Å². The van der Waals surface area contributed by atoms with Crippen LogP contribution in [0.25, 0.3) is 0 Å². The summed E-state index contributed by atoms with van der Waals surface area (Å²) in [6.45, 7) is 0. The first-order chi connectivity index (χ1) is 15.8. The molecular weight excluding hydrogens is 500 g/mol. The number of nitrogens with two attached hydrogens (primary N) is 1. The van der Waals surface area contributed by atoms with E-state index in [1.165, 1.54) is 30.3 Å². The first-order valence-corrected chi connectivity index (χ1v) is 10.9. The van der Waals surface area contributed by atoms with E-state index in [0.29, 0.717) is 6.07 Å². The normalized spacial score (nSPS) is 12.9. The molecule has 0 aliphatic heterocycles. The first-order valence-electron chi connectivity index (χ1n) is 9.49. The van der Waals surface area contributed by atoms with Gasteiger partial charge in [-0.3, -0.25) is 14.1 Å². The molecule has 0 saturated heterocycles. The Balaban J connectivity index is 0.00000342. The molecule has 0 saturated carbocycles. The van der Waals surface area contributed by atoms with Crippen molar-refractivity contribution >= 4 is 68.3 Å². The fourth-order valence-electron chi connectivity index (χ4n) is 3.77. The standard InChI is InChI=1S/C22H15F3N2O6S.Na.H/c1-33-15-7-6-10(8-13(15)22(23,24)25)27-14-9-16(34(30,31)32)19(26)18-17(14)20(28)11-4-2-3-5-12(11)21(18)29;;/h2-9,27H,26H2,1H3,(H,30,31,32);;. The van der Waals surface area contributed by atoms with Crippen LogP contribution in [0.5, 0.6) is 5.75 Å².